The summed E-state index contributed by atoms with van der Waals surface area (Å²) in [6.07, 6.45) is 1.84. The van der Waals surface area contributed by atoms with E-state index in [0.29, 0.717) is 11.5 Å². The molecule has 2 aliphatic rings. The van der Waals surface area contributed by atoms with Crippen molar-refractivity contribution in [2.24, 2.45) is 5.73 Å². The molecule has 0 saturated carbocycles. The molecule has 0 aromatic heterocycles. The first-order valence-electron chi connectivity index (χ1n) is 4.77. The van der Waals surface area contributed by atoms with Crippen molar-refractivity contribution in [2.45, 2.75) is 24.9 Å². The molecule has 2 fully saturated rings. The van der Waals surface area contributed by atoms with Crippen molar-refractivity contribution in [3.05, 3.63) is 0 Å². The molecule has 0 spiro atoms. The Morgan fingerprint density at radius 2 is 2.00 bits per heavy atom. The smallest absolute Gasteiger partial charge is 0.151 e. The predicted octanol–water partition coefficient (Wildman–Crippen LogP) is -0.793. The van der Waals surface area contributed by atoms with E-state index in [1.165, 1.54) is 0 Å². The van der Waals surface area contributed by atoms with Crippen LogP contribution in [0.4, 0.5) is 0 Å². The van der Waals surface area contributed by atoms with Gasteiger partial charge in [0.2, 0.25) is 0 Å². The Morgan fingerprint density at radius 3 is 2.54 bits per heavy atom. The average molecular weight is 204 g/mol. The van der Waals surface area contributed by atoms with Gasteiger partial charge in [-0.05, 0) is 12.8 Å². The maximum atomic E-state index is 11.3. The molecule has 0 bridgehead atoms. The summed E-state index contributed by atoms with van der Waals surface area (Å²) < 4.78 is 22.7. The maximum Gasteiger partial charge on any atom is 0.151 e. The number of nitrogens with zero attached hydrogens (tertiary/aromatic N) is 1. The monoisotopic (exact) mass is 204 g/mol. The van der Waals surface area contributed by atoms with Crippen LogP contribution in [-0.2, 0) is 9.84 Å². The predicted molar refractivity (Wildman–Crippen MR) is 51.2 cm³/mol. The van der Waals surface area contributed by atoms with Crippen LogP contribution in [0.15, 0.2) is 0 Å². The van der Waals surface area contributed by atoms with Crippen LogP contribution in [0, 0.1) is 0 Å². The van der Waals surface area contributed by atoms with Gasteiger partial charge in [-0.3, -0.25) is 4.90 Å². The highest BCUT2D eigenvalue weighted by molar-refractivity contribution is 7.91. The molecule has 0 amide bonds. The molecule has 0 aromatic carbocycles. The molecule has 1 unspecified atom stereocenters. The van der Waals surface area contributed by atoms with E-state index in [-0.39, 0.29) is 12.1 Å². The van der Waals surface area contributed by atoms with Gasteiger partial charge in [-0.15, -0.1) is 0 Å². The van der Waals surface area contributed by atoms with Crippen molar-refractivity contribution in [1.82, 2.24) is 4.90 Å². The van der Waals surface area contributed by atoms with E-state index in [1.807, 2.05) is 0 Å². The molecule has 2 N–H and O–H groups in total. The summed E-state index contributed by atoms with van der Waals surface area (Å²) in [6, 6.07) is 0.517. The van der Waals surface area contributed by atoms with Gasteiger partial charge in [0, 0.05) is 25.2 Å². The molecular formula is C8H16N2O2S. The van der Waals surface area contributed by atoms with Crippen LogP contribution in [0.2, 0.25) is 0 Å². The van der Waals surface area contributed by atoms with Crippen molar-refractivity contribution in [3.63, 3.8) is 0 Å². The molecule has 2 heterocycles. The van der Waals surface area contributed by atoms with Gasteiger partial charge < -0.3 is 5.73 Å². The van der Waals surface area contributed by atoms with Crippen LogP contribution in [0.5, 0.6) is 0 Å². The molecule has 2 rings (SSSR count). The first-order chi connectivity index (χ1) is 6.07. The van der Waals surface area contributed by atoms with E-state index in [9.17, 15) is 8.42 Å². The highest BCUT2D eigenvalue weighted by atomic mass is 32.2. The van der Waals surface area contributed by atoms with Crippen LogP contribution in [0.25, 0.3) is 0 Å². The minimum absolute atomic E-state index is 0.249. The third-order valence-electron chi connectivity index (χ3n) is 2.89. The third kappa shape index (κ3) is 2.03. The van der Waals surface area contributed by atoms with Gasteiger partial charge >= 0.3 is 0 Å². The van der Waals surface area contributed by atoms with E-state index in [1.54, 1.807) is 0 Å². The van der Waals surface area contributed by atoms with Crippen LogP contribution < -0.4 is 5.73 Å². The molecule has 2 aliphatic heterocycles. The highest BCUT2D eigenvalue weighted by Gasteiger charge is 2.34. The molecule has 0 aromatic rings. The Bertz CT molecular complexity index is 283. The minimum atomic E-state index is -2.75. The molecule has 76 valence electrons. The Kier molecular flexibility index (Phi) is 2.33. The fourth-order valence-corrected chi connectivity index (χ4v) is 3.87. The molecule has 2 saturated heterocycles. The van der Waals surface area contributed by atoms with Crippen LogP contribution in [0.3, 0.4) is 0 Å². The van der Waals surface area contributed by atoms with Gasteiger partial charge in [0.15, 0.2) is 9.84 Å². The zero-order valence-corrected chi connectivity index (χ0v) is 8.46. The first kappa shape index (κ1) is 9.43. The van der Waals surface area contributed by atoms with Crippen molar-refractivity contribution in [2.75, 3.05) is 24.6 Å². The number of rotatable bonds is 1. The van der Waals surface area contributed by atoms with Crippen molar-refractivity contribution < 1.29 is 8.42 Å². The van der Waals surface area contributed by atoms with E-state index in [0.717, 1.165) is 25.9 Å². The molecule has 1 atom stereocenters. The lowest BCUT2D eigenvalue weighted by Crippen LogP contribution is -2.61. The van der Waals surface area contributed by atoms with Crippen LogP contribution in [0.1, 0.15) is 12.8 Å². The zero-order valence-electron chi connectivity index (χ0n) is 7.65. The molecule has 13 heavy (non-hydrogen) atoms. The summed E-state index contributed by atoms with van der Waals surface area (Å²) >= 11 is 0. The van der Waals surface area contributed by atoms with E-state index < -0.39 is 9.84 Å². The van der Waals surface area contributed by atoms with Crippen molar-refractivity contribution >= 4 is 9.84 Å². The van der Waals surface area contributed by atoms with Crippen molar-refractivity contribution in [3.8, 4) is 0 Å². The number of sulfone groups is 1. The number of hydrogen-bond donors (Lipinski definition) is 1. The SMILES string of the molecule is NC1CN(C2CCCS(=O)(=O)C2)C1. The Morgan fingerprint density at radius 1 is 1.31 bits per heavy atom. The third-order valence-corrected chi connectivity index (χ3v) is 4.70. The van der Waals surface area contributed by atoms with E-state index in [4.69, 9.17) is 5.73 Å². The van der Waals surface area contributed by atoms with Gasteiger partial charge in [0.05, 0.1) is 11.5 Å². The second kappa shape index (κ2) is 3.22. The summed E-state index contributed by atoms with van der Waals surface area (Å²) in [6.45, 7) is 1.75. The lowest BCUT2D eigenvalue weighted by molar-refractivity contribution is 0.0973. The Balaban J connectivity index is 1.94. The molecule has 0 radical (unpaired) electrons. The summed E-state index contributed by atoms with van der Waals surface area (Å²) in [5.41, 5.74) is 5.65. The summed E-state index contributed by atoms with van der Waals surface area (Å²) in [5.74, 6) is 0.725. The minimum Gasteiger partial charge on any atom is -0.325 e. The van der Waals surface area contributed by atoms with Crippen LogP contribution in [-0.4, -0.2) is 50.0 Å². The normalized spacial score (nSPS) is 35.6. The number of likely N-dealkylation sites (tertiary alicyclic amines) is 1. The van der Waals surface area contributed by atoms with Crippen molar-refractivity contribution in [1.29, 1.82) is 0 Å². The summed E-state index contributed by atoms with van der Waals surface area (Å²) in [7, 11) is -2.75. The molecule has 0 aliphatic carbocycles. The lowest BCUT2D eigenvalue weighted by Gasteiger charge is -2.43. The summed E-state index contributed by atoms with van der Waals surface area (Å²) in [5, 5.41) is 0. The quantitative estimate of drug-likeness (QED) is 0.608. The second-order valence-corrected chi connectivity index (χ2v) is 6.35. The van der Waals surface area contributed by atoms with E-state index >= 15 is 0 Å². The number of nitrogens with two attached hydrogens (primary N) is 1. The second-order valence-electron chi connectivity index (χ2n) is 4.12. The maximum absolute atomic E-state index is 11.3. The molecule has 5 heteroatoms. The highest BCUT2D eigenvalue weighted by Crippen LogP contribution is 2.21. The zero-order chi connectivity index (χ0) is 9.47. The fourth-order valence-electron chi connectivity index (χ4n) is 2.13. The standard InChI is InChI=1S/C8H16N2O2S/c9-7-4-10(5-7)8-2-1-3-13(11,12)6-8/h7-8H,1-6,9H2. The van der Waals surface area contributed by atoms with Gasteiger partial charge in [-0.2, -0.15) is 0 Å². The average Bonchev–Trinajstić information content (AvgIpc) is 1.97. The van der Waals surface area contributed by atoms with Crippen LogP contribution >= 0.6 is 0 Å². The summed E-state index contributed by atoms with van der Waals surface area (Å²) in [4.78, 5) is 2.20. The lowest BCUT2D eigenvalue weighted by atomic mass is 10.0. The fraction of sp³-hybridized carbons (Fsp3) is 1.00. The Hall–Kier alpha value is -0.130. The van der Waals surface area contributed by atoms with Gasteiger partial charge in [-0.1, -0.05) is 0 Å². The largest absolute Gasteiger partial charge is 0.325 e. The molecule has 4 nitrogen and oxygen atoms in total. The van der Waals surface area contributed by atoms with Gasteiger partial charge in [-0.25, -0.2) is 8.42 Å². The number of hydrogen-bond acceptors (Lipinski definition) is 4. The first-order valence-corrected chi connectivity index (χ1v) is 6.59. The van der Waals surface area contributed by atoms with E-state index in [2.05, 4.69) is 4.90 Å². The molecular weight excluding hydrogens is 188 g/mol. The Labute approximate surface area is 79.0 Å². The van der Waals surface area contributed by atoms with Gasteiger partial charge in [0.25, 0.3) is 0 Å². The topological polar surface area (TPSA) is 63.4 Å². The van der Waals surface area contributed by atoms with Gasteiger partial charge in [0.1, 0.15) is 0 Å².